The fourth-order valence-corrected chi connectivity index (χ4v) is 2.08. The Bertz CT molecular complexity index is 528. The van der Waals surface area contributed by atoms with E-state index in [1.807, 2.05) is 49.6 Å². The number of carbonyl (C=O) groups excluding carboxylic acids is 1. The first-order valence-electron chi connectivity index (χ1n) is 5.22. The number of fused-ring (bicyclic) bond motifs is 1. The third-order valence-corrected chi connectivity index (χ3v) is 2.72. The Hall–Kier alpha value is -1.84. The maximum Gasteiger partial charge on any atom is 0.207 e. The van der Waals surface area contributed by atoms with E-state index >= 15 is 0 Å². The van der Waals surface area contributed by atoms with Gasteiger partial charge in [0, 0.05) is 6.20 Å². The van der Waals surface area contributed by atoms with Crippen LogP contribution in [0.15, 0.2) is 24.4 Å². The fraction of sp³-hybridized carbons (Fsp3) is 0.333. The van der Waals surface area contributed by atoms with Gasteiger partial charge in [0.15, 0.2) is 0 Å². The van der Waals surface area contributed by atoms with Gasteiger partial charge in [-0.1, -0.05) is 6.07 Å². The van der Waals surface area contributed by atoms with Crippen molar-refractivity contribution in [2.45, 2.75) is 26.3 Å². The van der Waals surface area contributed by atoms with Crippen LogP contribution in [0.2, 0.25) is 0 Å². The summed E-state index contributed by atoms with van der Waals surface area (Å²) in [4.78, 5) is 15.1. The molecule has 0 saturated heterocycles. The second kappa shape index (κ2) is 3.63. The first-order valence-corrected chi connectivity index (χ1v) is 5.22. The second-order valence-electron chi connectivity index (χ2n) is 4.36. The summed E-state index contributed by atoms with van der Waals surface area (Å²) in [6.45, 7) is 5.88. The summed E-state index contributed by atoms with van der Waals surface area (Å²) in [5, 5.41) is 2.82. The lowest BCUT2D eigenvalue weighted by Gasteiger charge is -2.24. The van der Waals surface area contributed by atoms with E-state index in [9.17, 15) is 4.79 Å². The number of hydrogen-bond donors (Lipinski definition) is 1. The fourth-order valence-electron chi connectivity index (χ4n) is 2.08. The van der Waals surface area contributed by atoms with Gasteiger partial charge in [0.1, 0.15) is 5.65 Å². The van der Waals surface area contributed by atoms with Crippen molar-refractivity contribution in [2.75, 3.05) is 0 Å². The number of aromatic nitrogens is 2. The van der Waals surface area contributed by atoms with Gasteiger partial charge in [0.2, 0.25) is 6.41 Å². The zero-order valence-corrected chi connectivity index (χ0v) is 9.69. The van der Waals surface area contributed by atoms with Crippen molar-refractivity contribution in [3.8, 4) is 0 Å². The minimum Gasteiger partial charge on any atom is -0.348 e. The van der Waals surface area contributed by atoms with E-state index < -0.39 is 5.54 Å². The summed E-state index contributed by atoms with van der Waals surface area (Å²) in [6.07, 6.45) is 2.68. The van der Waals surface area contributed by atoms with Crippen molar-refractivity contribution in [3.63, 3.8) is 0 Å². The van der Waals surface area contributed by atoms with Crippen LogP contribution in [0.25, 0.3) is 5.65 Å². The monoisotopic (exact) mass is 217 g/mol. The Morgan fingerprint density at radius 2 is 2.19 bits per heavy atom. The average Bonchev–Trinajstić information content (AvgIpc) is 2.53. The Morgan fingerprint density at radius 1 is 1.44 bits per heavy atom. The van der Waals surface area contributed by atoms with E-state index in [0.717, 1.165) is 23.4 Å². The molecule has 0 fully saturated rings. The smallest absolute Gasteiger partial charge is 0.207 e. The molecule has 4 heteroatoms. The third-order valence-electron chi connectivity index (χ3n) is 2.72. The highest BCUT2D eigenvalue weighted by Gasteiger charge is 2.26. The molecule has 0 bridgehead atoms. The van der Waals surface area contributed by atoms with E-state index in [2.05, 4.69) is 10.3 Å². The van der Waals surface area contributed by atoms with E-state index in [4.69, 9.17) is 0 Å². The van der Waals surface area contributed by atoms with E-state index in [1.54, 1.807) is 0 Å². The molecule has 0 atom stereocenters. The number of pyridine rings is 1. The molecule has 4 nitrogen and oxygen atoms in total. The van der Waals surface area contributed by atoms with E-state index in [0.29, 0.717) is 0 Å². The Morgan fingerprint density at radius 3 is 2.88 bits per heavy atom. The molecular weight excluding hydrogens is 202 g/mol. The molecule has 0 aliphatic heterocycles. The number of carbonyl (C=O) groups is 1. The highest BCUT2D eigenvalue weighted by atomic mass is 16.1. The molecule has 2 aromatic heterocycles. The summed E-state index contributed by atoms with van der Waals surface area (Å²) in [7, 11) is 0. The van der Waals surface area contributed by atoms with Gasteiger partial charge in [-0.15, -0.1) is 0 Å². The number of hydrogen-bond acceptors (Lipinski definition) is 2. The van der Waals surface area contributed by atoms with Gasteiger partial charge in [-0.2, -0.15) is 0 Å². The molecule has 2 aromatic rings. The minimum atomic E-state index is -0.424. The van der Waals surface area contributed by atoms with Crippen LogP contribution in [0.1, 0.15) is 25.2 Å². The third kappa shape index (κ3) is 1.56. The molecule has 0 aromatic carbocycles. The maximum absolute atomic E-state index is 10.6. The second-order valence-corrected chi connectivity index (χ2v) is 4.36. The Labute approximate surface area is 94.3 Å². The van der Waals surface area contributed by atoms with Crippen molar-refractivity contribution in [1.82, 2.24) is 14.7 Å². The van der Waals surface area contributed by atoms with Gasteiger partial charge in [-0.05, 0) is 32.9 Å². The van der Waals surface area contributed by atoms with Crippen LogP contribution >= 0.6 is 0 Å². The lowest BCUT2D eigenvalue weighted by atomic mass is 9.99. The summed E-state index contributed by atoms with van der Waals surface area (Å²) in [5.41, 5.74) is 2.42. The Balaban J connectivity index is 2.67. The summed E-state index contributed by atoms with van der Waals surface area (Å²) in [5.74, 6) is 0. The molecule has 84 valence electrons. The summed E-state index contributed by atoms with van der Waals surface area (Å²) in [6, 6.07) is 5.85. The number of imidazole rings is 1. The van der Waals surface area contributed by atoms with Crippen LogP contribution in [0.4, 0.5) is 0 Å². The van der Waals surface area contributed by atoms with Crippen molar-refractivity contribution in [2.24, 2.45) is 0 Å². The standard InChI is InChI=1S/C12H15N3O/c1-9-11(12(2,3)13-8-16)15-7-5-4-6-10(15)14-9/h4-8H,1-3H3,(H,13,16). The van der Waals surface area contributed by atoms with Crippen LogP contribution in [0.5, 0.6) is 0 Å². The van der Waals surface area contributed by atoms with Crippen LogP contribution in [-0.4, -0.2) is 15.8 Å². The van der Waals surface area contributed by atoms with Crippen molar-refractivity contribution < 1.29 is 4.79 Å². The van der Waals surface area contributed by atoms with Crippen molar-refractivity contribution in [1.29, 1.82) is 0 Å². The predicted molar refractivity (Wildman–Crippen MR) is 62.2 cm³/mol. The molecule has 2 rings (SSSR count). The first-order chi connectivity index (χ1) is 7.56. The highest BCUT2D eigenvalue weighted by Crippen LogP contribution is 2.24. The van der Waals surface area contributed by atoms with Gasteiger partial charge < -0.3 is 9.72 Å². The van der Waals surface area contributed by atoms with Crippen molar-refractivity contribution >= 4 is 12.1 Å². The van der Waals surface area contributed by atoms with Crippen LogP contribution < -0.4 is 5.32 Å². The zero-order chi connectivity index (χ0) is 11.8. The Kier molecular flexibility index (Phi) is 2.42. The van der Waals surface area contributed by atoms with Gasteiger partial charge in [-0.3, -0.25) is 4.79 Å². The molecule has 0 radical (unpaired) electrons. The van der Waals surface area contributed by atoms with Crippen LogP contribution in [-0.2, 0) is 10.3 Å². The molecular formula is C12H15N3O. The molecule has 1 amide bonds. The molecule has 0 spiro atoms. The number of nitrogens with zero attached hydrogens (tertiary/aromatic N) is 2. The molecule has 0 saturated carbocycles. The lowest BCUT2D eigenvalue weighted by molar-refractivity contribution is -0.111. The highest BCUT2D eigenvalue weighted by molar-refractivity contribution is 5.51. The van der Waals surface area contributed by atoms with Crippen LogP contribution in [0.3, 0.4) is 0 Å². The van der Waals surface area contributed by atoms with Gasteiger partial charge in [0.25, 0.3) is 0 Å². The topological polar surface area (TPSA) is 46.4 Å². The molecule has 2 heterocycles. The zero-order valence-electron chi connectivity index (χ0n) is 9.69. The maximum atomic E-state index is 10.6. The quantitative estimate of drug-likeness (QED) is 0.794. The molecule has 16 heavy (non-hydrogen) atoms. The van der Waals surface area contributed by atoms with Crippen molar-refractivity contribution in [3.05, 3.63) is 35.8 Å². The SMILES string of the molecule is Cc1nc2ccccn2c1C(C)(C)NC=O. The number of rotatable bonds is 3. The average molecular weight is 217 g/mol. The van der Waals surface area contributed by atoms with Gasteiger partial charge in [0.05, 0.1) is 16.9 Å². The van der Waals surface area contributed by atoms with E-state index in [-0.39, 0.29) is 0 Å². The molecule has 0 unspecified atom stereocenters. The number of nitrogens with one attached hydrogen (secondary N) is 1. The summed E-state index contributed by atoms with van der Waals surface area (Å²) >= 11 is 0. The largest absolute Gasteiger partial charge is 0.348 e. The number of aryl methyl sites for hydroxylation is 1. The minimum absolute atomic E-state index is 0.424. The van der Waals surface area contributed by atoms with Gasteiger partial charge >= 0.3 is 0 Å². The normalized spacial score (nSPS) is 11.7. The summed E-state index contributed by atoms with van der Waals surface area (Å²) < 4.78 is 2.01. The van der Waals surface area contributed by atoms with Gasteiger partial charge in [-0.25, -0.2) is 4.98 Å². The molecule has 0 aliphatic rings. The van der Waals surface area contributed by atoms with Crippen LogP contribution in [0, 0.1) is 6.92 Å². The lowest BCUT2D eigenvalue weighted by Crippen LogP contribution is -2.37. The number of amides is 1. The first kappa shape index (κ1) is 10.7. The molecule has 0 aliphatic carbocycles. The predicted octanol–water partition coefficient (Wildman–Crippen LogP) is 1.62. The molecule has 1 N–H and O–H groups in total. The van der Waals surface area contributed by atoms with E-state index in [1.165, 1.54) is 0 Å².